The second-order valence-corrected chi connectivity index (χ2v) is 4.10. The monoisotopic (exact) mass is 265 g/mol. The Bertz CT molecular complexity index is 714. The van der Waals surface area contributed by atoms with Crippen molar-refractivity contribution in [2.75, 3.05) is 0 Å². The molecule has 20 heavy (non-hydrogen) atoms. The van der Waals surface area contributed by atoms with Gasteiger partial charge in [-0.25, -0.2) is 4.79 Å². The van der Waals surface area contributed by atoms with Crippen molar-refractivity contribution < 1.29 is 14.3 Å². The number of nitriles is 1. The molecule has 0 radical (unpaired) electrons. The van der Waals surface area contributed by atoms with Gasteiger partial charge in [0.1, 0.15) is 11.8 Å². The molecule has 0 atom stereocenters. The number of esters is 1. The van der Waals surface area contributed by atoms with Crippen LogP contribution < -0.4 is 4.74 Å². The molecule has 2 aromatic rings. The van der Waals surface area contributed by atoms with Crippen molar-refractivity contribution in [2.45, 2.75) is 6.92 Å². The Balaban J connectivity index is 2.34. The molecule has 0 aliphatic rings. The lowest BCUT2D eigenvalue weighted by Gasteiger charge is -2.08. The van der Waals surface area contributed by atoms with Crippen molar-refractivity contribution >= 4 is 11.8 Å². The van der Waals surface area contributed by atoms with Crippen molar-refractivity contribution in [3.63, 3.8) is 0 Å². The Kier molecular flexibility index (Phi) is 3.92. The Morgan fingerprint density at radius 1 is 1.00 bits per heavy atom. The molecule has 0 aliphatic carbocycles. The van der Waals surface area contributed by atoms with Crippen molar-refractivity contribution in [2.24, 2.45) is 0 Å². The van der Waals surface area contributed by atoms with Crippen molar-refractivity contribution in [3.05, 3.63) is 65.2 Å². The minimum absolute atomic E-state index is 0.179. The molecule has 0 aliphatic heterocycles. The van der Waals surface area contributed by atoms with Crippen LogP contribution in [0.15, 0.2) is 48.5 Å². The summed E-state index contributed by atoms with van der Waals surface area (Å²) >= 11 is 0. The van der Waals surface area contributed by atoms with E-state index in [0.717, 1.165) is 0 Å². The number of carbonyl (C=O) groups is 2. The average molecular weight is 265 g/mol. The number of para-hydroxylation sites is 1. The third kappa shape index (κ3) is 2.73. The predicted octanol–water partition coefficient (Wildman–Crippen LogP) is 2.98. The number of Topliss-reactive ketones (excluding diaryl/α,β-unsaturated/α-hetero) is 1. The molecule has 0 N–H and O–H groups in total. The van der Waals surface area contributed by atoms with Gasteiger partial charge >= 0.3 is 5.97 Å². The van der Waals surface area contributed by atoms with Gasteiger partial charge in [-0.1, -0.05) is 30.3 Å². The second kappa shape index (κ2) is 5.81. The van der Waals surface area contributed by atoms with E-state index >= 15 is 0 Å². The Morgan fingerprint density at radius 3 is 2.25 bits per heavy atom. The number of nitrogens with zero attached hydrogens (tertiary/aromatic N) is 1. The van der Waals surface area contributed by atoms with E-state index in [1.165, 1.54) is 19.1 Å². The summed E-state index contributed by atoms with van der Waals surface area (Å²) in [5.41, 5.74) is 0.751. The van der Waals surface area contributed by atoms with Gasteiger partial charge in [0, 0.05) is 5.56 Å². The lowest BCUT2D eigenvalue weighted by atomic mass is 10.0. The highest BCUT2D eigenvalue weighted by molar-refractivity contribution is 6.05. The third-order valence-corrected chi connectivity index (χ3v) is 2.74. The average Bonchev–Trinajstić information content (AvgIpc) is 2.47. The number of hydrogen-bond acceptors (Lipinski definition) is 4. The highest BCUT2D eigenvalue weighted by Crippen LogP contribution is 2.19. The summed E-state index contributed by atoms with van der Waals surface area (Å²) in [5.74, 6) is -0.692. The normalized spacial score (nSPS) is 9.60. The molecular weight excluding hydrogens is 254 g/mol. The van der Waals surface area contributed by atoms with Crippen LogP contribution in [0.5, 0.6) is 5.75 Å². The minimum atomic E-state index is -0.654. The first-order valence-corrected chi connectivity index (χ1v) is 5.94. The SMILES string of the molecule is CC(=O)c1ccccc1C(=O)Oc1ccccc1C#N. The summed E-state index contributed by atoms with van der Waals surface area (Å²) in [6.07, 6.45) is 0. The van der Waals surface area contributed by atoms with Crippen LogP contribution in [0.3, 0.4) is 0 Å². The van der Waals surface area contributed by atoms with Gasteiger partial charge in [0.25, 0.3) is 0 Å². The zero-order chi connectivity index (χ0) is 14.5. The van der Waals surface area contributed by atoms with E-state index in [9.17, 15) is 9.59 Å². The summed E-state index contributed by atoms with van der Waals surface area (Å²) < 4.78 is 5.20. The van der Waals surface area contributed by atoms with E-state index in [2.05, 4.69) is 0 Å². The summed E-state index contributed by atoms with van der Waals surface area (Å²) in [5, 5.41) is 8.95. The van der Waals surface area contributed by atoms with Crippen LogP contribution >= 0.6 is 0 Å². The standard InChI is InChI=1S/C16H11NO3/c1-11(18)13-7-3-4-8-14(13)16(19)20-15-9-5-2-6-12(15)10-17/h2-9H,1H3. The zero-order valence-corrected chi connectivity index (χ0v) is 10.8. The number of carbonyl (C=O) groups excluding carboxylic acids is 2. The molecule has 0 bridgehead atoms. The van der Waals surface area contributed by atoms with E-state index in [1.54, 1.807) is 36.4 Å². The van der Waals surface area contributed by atoms with E-state index in [0.29, 0.717) is 5.56 Å². The van der Waals surface area contributed by atoms with E-state index in [-0.39, 0.29) is 22.7 Å². The predicted molar refractivity (Wildman–Crippen MR) is 72.6 cm³/mol. The largest absolute Gasteiger partial charge is 0.421 e. The molecule has 2 rings (SSSR count). The van der Waals surface area contributed by atoms with Gasteiger partial charge in [0.2, 0.25) is 0 Å². The second-order valence-electron chi connectivity index (χ2n) is 4.10. The topological polar surface area (TPSA) is 67.2 Å². The molecule has 2 aromatic carbocycles. The fourth-order valence-electron chi connectivity index (χ4n) is 1.77. The molecule has 4 heteroatoms. The maximum Gasteiger partial charge on any atom is 0.344 e. The van der Waals surface area contributed by atoms with E-state index < -0.39 is 5.97 Å². The molecule has 0 unspecified atom stereocenters. The molecule has 0 aromatic heterocycles. The molecule has 98 valence electrons. The van der Waals surface area contributed by atoms with Gasteiger partial charge in [0.05, 0.1) is 11.1 Å². The van der Waals surface area contributed by atoms with Crippen molar-refractivity contribution in [1.82, 2.24) is 0 Å². The highest BCUT2D eigenvalue weighted by Gasteiger charge is 2.17. The fourth-order valence-corrected chi connectivity index (χ4v) is 1.77. The molecule has 0 spiro atoms. The van der Waals surface area contributed by atoms with Gasteiger partial charge in [-0.15, -0.1) is 0 Å². The molecular formula is C16H11NO3. The van der Waals surface area contributed by atoms with Gasteiger partial charge in [-0.2, -0.15) is 5.26 Å². The number of benzene rings is 2. The third-order valence-electron chi connectivity index (χ3n) is 2.74. The highest BCUT2D eigenvalue weighted by atomic mass is 16.5. The van der Waals surface area contributed by atoms with Gasteiger partial charge in [-0.3, -0.25) is 4.79 Å². The summed E-state index contributed by atoms with van der Waals surface area (Å²) in [6.45, 7) is 1.38. The summed E-state index contributed by atoms with van der Waals surface area (Å²) in [4.78, 5) is 23.6. The Morgan fingerprint density at radius 2 is 1.60 bits per heavy atom. The minimum Gasteiger partial charge on any atom is -0.421 e. The molecule has 0 heterocycles. The number of ketones is 1. The Labute approximate surface area is 116 Å². The van der Waals surface area contributed by atoms with Crippen LogP contribution in [0.2, 0.25) is 0 Å². The van der Waals surface area contributed by atoms with Crippen LogP contribution in [-0.4, -0.2) is 11.8 Å². The smallest absolute Gasteiger partial charge is 0.344 e. The van der Waals surface area contributed by atoms with Gasteiger partial charge in [0.15, 0.2) is 5.78 Å². The van der Waals surface area contributed by atoms with Crippen LogP contribution in [0.25, 0.3) is 0 Å². The quantitative estimate of drug-likeness (QED) is 0.486. The van der Waals surface area contributed by atoms with Crippen LogP contribution in [0, 0.1) is 11.3 Å². The maximum absolute atomic E-state index is 12.1. The number of hydrogen-bond donors (Lipinski definition) is 0. The summed E-state index contributed by atoms with van der Waals surface area (Å²) in [6, 6.07) is 14.8. The van der Waals surface area contributed by atoms with Crippen LogP contribution in [0.1, 0.15) is 33.2 Å². The molecule has 4 nitrogen and oxygen atoms in total. The number of rotatable bonds is 3. The number of ether oxygens (including phenoxy) is 1. The lowest BCUT2D eigenvalue weighted by molar-refractivity contribution is 0.0729. The summed E-state index contributed by atoms with van der Waals surface area (Å²) in [7, 11) is 0. The van der Waals surface area contributed by atoms with Crippen molar-refractivity contribution in [1.29, 1.82) is 5.26 Å². The first-order valence-electron chi connectivity index (χ1n) is 5.94. The van der Waals surface area contributed by atoms with Gasteiger partial charge in [-0.05, 0) is 25.1 Å². The molecule has 0 amide bonds. The first-order chi connectivity index (χ1) is 9.63. The van der Waals surface area contributed by atoms with Gasteiger partial charge < -0.3 is 4.74 Å². The molecule has 0 saturated carbocycles. The van der Waals surface area contributed by atoms with Crippen LogP contribution in [-0.2, 0) is 0 Å². The van der Waals surface area contributed by atoms with Crippen molar-refractivity contribution in [3.8, 4) is 11.8 Å². The molecule has 0 fully saturated rings. The Hall–Kier alpha value is -2.93. The zero-order valence-electron chi connectivity index (χ0n) is 10.8. The maximum atomic E-state index is 12.1. The fraction of sp³-hybridized carbons (Fsp3) is 0.0625. The first kappa shape index (κ1) is 13.5. The van der Waals surface area contributed by atoms with E-state index in [1.807, 2.05) is 6.07 Å². The van der Waals surface area contributed by atoms with Crippen LogP contribution in [0.4, 0.5) is 0 Å². The lowest BCUT2D eigenvalue weighted by Crippen LogP contribution is -2.13. The van der Waals surface area contributed by atoms with E-state index in [4.69, 9.17) is 10.00 Å². The molecule has 0 saturated heterocycles.